The van der Waals surface area contributed by atoms with Crippen LogP contribution in [0.3, 0.4) is 0 Å². The maximum atomic E-state index is 11.7. The SMILES string of the molecule is O=C1CCCCC(CNC(=O)c2cccs2)N1. The zero-order valence-electron chi connectivity index (χ0n) is 9.57. The van der Waals surface area contributed by atoms with Gasteiger partial charge in [-0.05, 0) is 24.3 Å². The maximum absolute atomic E-state index is 11.7. The molecule has 0 bridgehead atoms. The third kappa shape index (κ3) is 3.56. The van der Waals surface area contributed by atoms with Gasteiger partial charge in [0.25, 0.3) is 5.91 Å². The molecule has 0 radical (unpaired) electrons. The van der Waals surface area contributed by atoms with Crippen molar-refractivity contribution < 1.29 is 9.59 Å². The van der Waals surface area contributed by atoms with Crippen molar-refractivity contribution in [3.05, 3.63) is 22.4 Å². The fourth-order valence-corrected chi connectivity index (χ4v) is 2.55. The van der Waals surface area contributed by atoms with Crippen molar-refractivity contribution in [3.8, 4) is 0 Å². The van der Waals surface area contributed by atoms with Gasteiger partial charge in [0, 0.05) is 19.0 Å². The second kappa shape index (κ2) is 5.82. The molecular weight excluding hydrogens is 236 g/mol. The Balaban J connectivity index is 1.81. The molecule has 0 spiro atoms. The lowest BCUT2D eigenvalue weighted by atomic mass is 10.1. The molecule has 2 heterocycles. The van der Waals surface area contributed by atoms with Crippen LogP contribution in [0, 0.1) is 0 Å². The Morgan fingerprint density at radius 3 is 3.18 bits per heavy atom. The molecule has 1 aliphatic rings. The van der Waals surface area contributed by atoms with Crippen LogP contribution in [0.4, 0.5) is 0 Å². The summed E-state index contributed by atoms with van der Waals surface area (Å²) in [4.78, 5) is 23.8. The van der Waals surface area contributed by atoms with Gasteiger partial charge in [-0.2, -0.15) is 0 Å². The summed E-state index contributed by atoms with van der Waals surface area (Å²) in [6.45, 7) is 0.516. The van der Waals surface area contributed by atoms with Crippen molar-refractivity contribution in [1.29, 1.82) is 0 Å². The summed E-state index contributed by atoms with van der Waals surface area (Å²) >= 11 is 1.42. The Hall–Kier alpha value is -1.36. The monoisotopic (exact) mass is 252 g/mol. The molecule has 1 atom stereocenters. The highest BCUT2D eigenvalue weighted by molar-refractivity contribution is 7.12. The van der Waals surface area contributed by atoms with Crippen molar-refractivity contribution in [2.75, 3.05) is 6.54 Å². The van der Waals surface area contributed by atoms with Crippen LogP contribution in [-0.2, 0) is 4.79 Å². The first-order valence-corrected chi connectivity index (χ1v) is 6.75. The zero-order valence-corrected chi connectivity index (χ0v) is 10.4. The molecule has 1 unspecified atom stereocenters. The second-order valence-corrected chi connectivity index (χ2v) is 5.15. The van der Waals surface area contributed by atoms with E-state index in [2.05, 4.69) is 10.6 Å². The van der Waals surface area contributed by atoms with Crippen LogP contribution < -0.4 is 10.6 Å². The van der Waals surface area contributed by atoms with Crippen molar-refractivity contribution in [3.63, 3.8) is 0 Å². The third-order valence-corrected chi connectivity index (χ3v) is 3.69. The predicted molar refractivity (Wildman–Crippen MR) is 67.1 cm³/mol. The molecule has 1 saturated heterocycles. The van der Waals surface area contributed by atoms with Crippen molar-refractivity contribution >= 4 is 23.2 Å². The van der Waals surface area contributed by atoms with Gasteiger partial charge in [0.15, 0.2) is 0 Å². The molecule has 4 nitrogen and oxygen atoms in total. The largest absolute Gasteiger partial charge is 0.352 e. The lowest BCUT2D eigenvalue weighted by Crippen LogP contribution is -2.42. The molecule has 5 heteroatoms. The summed E-state index contributed by atoms with van der Waals surface area (Å²) in [7, 11) is 0. The van der Waals surface area contributed by atoms with Crippen LogP contribution in [0.15, 0.2) is 17.5 Å². The van der Waals surface area contributed by atoms with Crippen LogP contribution >= 0.6 is 11.3 Å². The van der Waals surface area contributed by atoms with Gasteiger partial charge in [0.05, 0.1) is 4.88 Å². The zero-order chi connectivity index (χ0) is 12.1. The van der Waals surface area contributed by atoms with Crippen LogP contribution in [0.1, 0.15) is 35.4 Å². The van der Waals surface area contributed by atoms with Crippen LogP contribution in [0.25, 0.3) is 0 Å². The average Bonchev–Trinajstić information content (AvgIpc) is 2.77. The normalized spacial score (nSPS) is 20.5. The van der Waals surface area contributed by atoms with Crippen LogP contribution in [0.2, 0.25) is 0 Å². The first-order valence-electron chi connectivity index (χ1n) is 5.87. The molecule has 2 N–H and O–H groups in total. The minimum absolute atomic E-state index is 0.0569. The fourth-order valence-electron chi connectivity index (χ4n) is 1.91. The van der Waals surface area contributed by atoms with E-state index in [4.69, 9.17) is 0 Å². The Morgan fingerprint density at radius 1 is 1.53 bits per heavy atom. The molecule has 17 heavy (non-hydrogen) atoms. The van der Waals surface area contributed by atoms with Gasteiger partial charge in [-0.25, -0.2) is 0 Å². The molecule has 1 aliphatic heterocycles. The molecular formula is C12H16N2O2S. The van der Waals surface area contributed by atoms with E-state index in [1.165, 1.54) is 11.3 Å². The highest BCUT2D eigenvalue weighted by Gasteiger charge is 2.17. The Bertz CT molecular complexity index is 389. The Kier molecular flexibility index (Phi) is 4.14. The van der Waals surface area contributed by atoms with Gasteiger partial charge in [-0.15, -0.1) is 11.3 Å². The minimum Gasteiger partial charge on any atom is -0.352 e. The molecule has 2 amide bonds. The van der Waals surface area contributed by atoms with E-state index in [1.807, 2.05) is 11.4 Å². The van der Waals surface area contributed by atoms with Gasteiger partial charge in [-0.3, -0.25) is 9.59 Å². The third-order valence-electron chi connectivity index (χ3n) is 2.83. The average molecular weight is 252 g/mol. The standard InChI is InChI=1S/C12H16N2O2S/c15-11-6-2-1-4-9(14-11)8-13-12(16)10-5-3-7-17-10/h3,5,7,9H,1-2,4,6,8H2,(H,13,16)(H,14,15). The number of nitrogens with one attached hydrogen (secondary N) is 2. The fraction of sp³-hybridized carbons (Fsp3) is 0.500. The first-order chi connectivity index (χ1) is 8.25. The molecule has 2 rings (SSSR count). The van der Waals surface area contributed by atoms with Gasteiger partial charge in [0.2, 0.25) is 5.91 Å². The lowest BCUT2D eigenvalue weighted by Gasteiger charge is -2.16. The highest BCUT2D eigenvalue weighted by Crippen LogP contribution is 2.10. The maximum Gasteiger partial charge on any atom is 0.261 e. The van der Waals surface area contributed by atoms with Crippen LogP contribution in [0.5, 0.6) is 0 Å². The number of thiophene rings is 1. The molecule has 0 saturated carbocycles. The molecule has 92 valence electrons. The molecule has 0 aromatic carbocycles. The first kappa shape index (κ1) is 12.1. The minimum atomic E-state index is -0.0569. The summed E-state index contributed by atoms with van der Waals surface area (Å²) in [6.07, 6.45) is 3.53. The lowest BCUT2D eigenvalue weighted by molar-refractivity contribution is -0.121. The Morgan fingerprint density at radius 2 is 2.41 bits per heavy atom. The van der Waals surface area contributed by atoms with E-state index in [9.17, 15) is 9.59 Å². The van der Waals surface area contributed by atoms with E-state index in [-0.39, 0.29) is 17.9 Å². The summed E-state index contributed by atoms with van der Waals surface area (Å²) in [6, 6.07) is 3.73. The topological polar surface area (TPSA) is 58.2 Å². The van der Waals surface area contributed by atoms with E-state index in [0.717, 1.165) is 19.3 Å². The van der Waals surface area contributed by atoms with E-state index in [0.29, 0.717) is 17.8 Å². The number of amides is 2. The summed E-state index contributed by atoms with van der Waals surface area (Å²) in [5.41, 5.74) is 0. The van der Waals surface area contributed by atoms with Gasteiger partial charge >= 0.3 is 0 Å². The quantitative estimate of drug-likeness (QED) is 0.857. The molecule has 1 fully saturated rings. The predicted octanol–water partition coefficient (Wildman–Crippen LogP) is 1.54. The smallest absolute Gasteiger partial charge is 0.261 e. The Labute approximate surface area is 104 Å². The van der Waals surface area contributed by atoms with Crippen molar-refractivity contribution in [2.24, 2.45) is 0 Å². The number of rotatable bonds is 3. The van der Waals surface area contributed by atoms with E-state index in [1.54, 1.807) is 6.07 Å². The van der Waals surface area contributed by atoms with E-state index < -0.39 is 0 Å². The van der Waals surface area contributed by atoms with Crippen molar-refractivity contribution in [1.82, 2.24) is 10.6 Å². The molecule has 1 aromatic heterocycles. The van der Waals surface area contributed by atoms with Crippen LogP contribution in [-0.4, -0.2) is 24.4 Å². The summed E-state index contributed by atoms with van der Waals surface area (Å²) in [5.74, 6) is 0.0383. The van der Waals surface area contributed by atoms with Crippen molar-refractivity contribution in [2.45, 2.75) is 31.7 Å². The molecule has 1 aromatic rings. The van der Waals surface area contributed by atoms with E-state index >= 15 is 0 Å². The highest BCUT2D eigenvalue weighted by atomic mass is 32.1. The number of hydrogen-bond donors (Lipinski definition) is 2. The summed E-state index contributed by atoms with van der Waals surface area (Å²) in [5, 5.41) is 7.67. The number of carbonyl (C=O) groups excluding carboxylic acids is 2. The van der Waals surface area contributed by atoms with Gasteiger partial charge in [-0.1, -0.05) is 12.5 Å². The van der Waals surface area contributed by atoms with Gasteiger partial charge in [0.1, 0.15) is 0 Å². The molecule has 0 aliphatic carbocycles. The van der Waals surface area contributed by atoms with Gasteiger partial charge < -0.3 is 10.6 Å². The summed E-state index contributed by atoms with van der Waals surface area (Å²) < 4.78 is 0. The number of carbonyl (C=O) groups is 2. The second-order valence-electron chi connectivity index (χ2n) is 4.20. The number of hydrogen-bond acceptors (Lipinski definition) is 3.